The number of alkyl halides is 2. The lowest BCUT2D eigenvalue weighted by atomic mass is 9.77. The fourth-order valence-electron chi connectivity index (χ4n) is 4.24. The van der Waals surface area contributed by atoms with Crippen LogP contribution in [0.15, 0.2) is 36.8 Å². The Morgan fingerprint density at radius 1 is 1.09 bits per heavy atom. The topological polar surface area (TPSA) is 92.7 Å². The molecule has 7 nitrogen and oxygen atoms in total. The van der Waals surface area contributed by atoms with E-state index in [0.717, 1.165) is 37.1 Å². The molecule has 166 valence electrons. The Balaban J connectivity index is 1.33. The predicted octanol–water partition coefficient (Wildman–Crippen LogP) is 3.41. The molecule has 0 radical (unpaired) electrons. The monoisotopic (exact) mass is 438 g/mol. The van der Waals surface area contributed by atoms with E-state index in [-0.39, 0.29) is 25.0 Å². The van der Waals surface area contributed by atoms with Gasteiger partial charge in [0.25, 0.3) is 0 Å². The fraction of sp³-hybridized carbons (Fsp3) is 0.435. The summed E-state index contributed by atoms with van der Waals surface area (Å²) in [5.74, 6) is -2.75. The van der Waals surface area contributed by atoms with Crippen LogP contribution < -0.4 is 10.6 Å². The van der Waals surface area contributed by atoms with E-state index < -0.39 is 11.8 Å². The van der Waals surface area contributed by atoms with E-state index in [2.05, 4.69) is 25.6 Å². The van der Waals surface area contributed by atoms with Crippen LogP contribution in [0.5, 0.6) is 0 Å². The molecule has 0 aromatic carbocycles. The van der Waals surface area contributed by atoms with Crippen LogP contribution in [0.1, 0.15) is 31.4 Å². The molecule has 2 N–H and O–H groups in total. The zero-order valence-corrected chi connectivity index (χ0v) is 17.5. The molecule has 3 aromatic heterocycles. The summed E-state index contributed by atoms with van der Waals surface area (Å²) < 4.78 is 26.1. The average molecular weight is 438 g/mol. The number of halogens is 2. The van der Waals surface area contributed by atoms with Gasteiger partial charge >= 0.3 is 0 Å². The molecule has 2 fully saturated rings. The van der Waals surface area contributed by atoms with Gasteiger partial charge in [-0.3, -0.25) is 14.8 Å². The molecule has 0 unspecified atom stereocenters. The Hall–Kier alpha value is -3.07. The van der Waals surface area contributed by atoms with Gasteiger partial charge in [-0.25, -0.2) is 18.7 Å². The second-order valence-electron chi connectivity index (χ2n) is 8.63. The maximum atomic E-state index is 13.1. The first-order valence-corrected chi connectivity index (χ1v) is 10.9. The summed E-state index contributed by atoms with van der Waals surface area (Å²) in [6.07, 6.45) is 6.43. The van der Waals surface area contributed by atoms with Gasteiger partial charge in [0.1, 0.15) is 17.3 Å². The first kappa shape index (κ1) is 20.8. The minimum absolute atomic E-state index is 0.0397. The molecule has 9 heteroatoms. The molecule has 32 heavy (non-hydrogen) atoms. The molecule has 5 rings (SSSR count). The van der Waals surface area contributed by atoms with E-state index in [1.54, 1.807) is 24.7 Å². The molecule has 3 aromatic rings. The number of carbonyl (C=O) groups excluding carboxylic acids is 1. The van der Waals surface area contributed by atoms with E-state index in [1.165, 1.54) is 0 Å². The summed E-state index contributed by atoms with van der Waals surface area (Å²) in [5, 5.41) is 7.62. The first-order chi connectivity index (χ1) is 15.4. The van der Waals surface area contributed by atoms with Crippen molar-refractivity contribution in [2.45, 2.75) is 44.1 Å². The number of piperidine rings is 1. The number of carbonyl (C=O) groups is 1. The van der Waals surface area contributed by atoms with Crippen LogP contribution in [0, 0.1) is 5.92 Å². The number of nitrogens with zero attached hydrogens (tertiary/aromatic N) is 4. The molecule has 1 saturated carbocycles. The van der Waals surface area contributed by atoms with Crippen molar-refractivity contribution in [3.63, 3.8) is 0 Å². The van der Waals surface area contributed by atoms with Crippen molar-refractivity contribution in [3.8, 4) is 11.4 Å². The SMILES string of the molecule is O=C(Cc1cc2nc(-c3cncc(NC4CCNCC4)n3)ccc2cn1)C1CC(F)(F)C1. The van der Waals surface area contributed by atoms with Gasteiger partial charge in [0, 0.05) is 48.5 Å². The standard InChI is InChI=1S/C23H24F2N6O/c24-23(25)9-15(10-23)21(32)8-17-7-19-14(11-28-17)1-2-18(30-19)20-12-27-13-22(31-20)29-16-3-5-26-6-4-16/h1-2,7,11-13,15-16,26H,3-6,8-10H2,(H,29,31). The van der Waals surface area contributed by atoms with Crippen molar-refractivity contribution in [2.75, 3.05) is 18.4 Å². The summed E-state index contributed by atoms with van der Waals surface area (Å²) in [4.78, 5) is 30.3. The van der Waals surface area contributed by atoms with Gasteiger partial charge in [0.15, 0.2) is 0 Å². The highest BCUT2D eigenvalue weighted by atomic mass is 19.3. The molecule has 1 aliphatic heterocycles. The Bertz CT molecular complexity index is 1140. The summed E-state index contributed by atoms with van der Waals surface area (Å²) in [7, 11) is 0. The Kier molecular flexibility index (Phi) is 5.50. The van der Waals surface area contributed by atoms with Crippen molar-refractivity contribution in [2.24, 2.45) is 5.92 Å². The van der Waals surface area contributed by atoms with Crippen LogP contribution in [0.3, 0.4) is 0 Å². The fourth-order valence-corrected chi connectivity index (χ4v) is 4.24. The van der Waals surface area contributed by atoms with Crippen LogP contribution >= 0.6 is 0 Å². The van der Waals surface area contributed by atoms with Gasteiger partial charge in [-0.2, -0.15) is 0 Å². The maximum absolute atomic E-state index is 13.1. The smallest absolute Gasteiger partial charge is 0.249 e. The highest BCUT2D eigenvalue weighted by molar-refractivity contribution is 5.86. The largest absolute Gasteiger partial charge is 0.366 e. The van der Waals surface area contributed by atoms with Crippen LogP contribution in [-0.4, -0.2) is 50.8 Å². The zero-order valence-electron chi connectivity index (χ0n) is 17.5. The lowest BCUT2D eigenvalue weighted by Crippen LogP contribution is -2.40. The summed E-state index contributed by atoms with van der Waals surface area (Å²) >= 11 is 0. The second-order valence-corrected chi connectivity index (χ2v) is 8.63. The summed E-state index contributed by atoms with van der Waals surface area (Å²) in [5.41, 5.74) is 2.53. The third-order valence-corrected chi connectivity index (χ3v) is 6.12. The van der Waals surface area contributed by atoms with E-state index in [1.807, 2.05) is 12.1 Å². The van der Waals surface area contributed by atoms with E-state index in [0.29, 0.717) is 28.6 Å². The van der Waals surface area contributed by atoms with E-state index in [9.17, 15) is 13.6 Å². The number of pyridine rings is 2. The molecular weight excluding hydrogens is 414 g/mol. The van der Waals surface area contributed by atoms with Gasteiger partial charge in [0.2, 0.25) is 5.92 Å². The molecular formula is C23H24F2N6O. The van der Waals surface area contributed by atoms with Crippen molar-refractivity contribution in [1.82, 2.24) is 25.3 Å². The highest BCUT2D eigenvalue weighted by Crippen LogP contribution is 2.43. The molecule has 0 amide bonds. The average Bonchev–Trinajstić information content (AvgIpc) is 2.78. The number of hydrogen-bond donors (Lipinski definition) is 2. The van der Waals surface area contributed by atoms with Gasteiger partial charge in [-0.1, -0.05) is 0 Å². The number of ketones is 1. The number of rotatable bonds is 6. The number of Topliss-reactive ketones (excluding diaryl/α,β-unsaturated/α-hetero) is 1. The molecule has 2 aliphatic rings. The minimum atomic E-state index is -2.70. The molecule has 0 bridgehead atoms. The van der Waals surface area contributed by atoms with Crippen LogP contribution in [0.25, 0.3) is 22.3 Å². The molecule has 4 heterocycles. The summed E-state index contributed by atoms with van der Waals surface area (Å²) in [6, 6.07) is 5.88. The van der Waals surface area contributed by atoms with E-state index >= 15 is 0 Å². The zero-order chi connectivity index (χ0) is 22.1. The van der Waals surface area contributed by atoms with Gasteiger partial charge in [-0.15, -0.1) is 0 Å². The quantitative estimate of drug-likeness (QED) is 0.609. The Morgan fingerprint density at radius 3 is 2.69 bits per heavy atom. The van der Waals surface area contributed by atoms with Crippen molar-refractivity contribution in [3.05, 3.63) is 42.5 Å². The van der Waals surface area contributed by atoms with Gasteiger partial charge in [-0.05, 0) is 44.1 Å². The minimum Gasteiger partial charge on any atom is -0.366 e. The number of aromatic nitrogens is 4. The predicted molar refractivity (Wildman–Crippen MR) is 116 cm³/mol. The number of nitrogens with one attached hydrogen (secondary N) is 2. The van der Waals surface area contributed by atoms with Crippen molar-refractivity contribution in [1.29, 1.82) is 0 Å². The van der Waals surface area contributed by atoms with Crippen LogP contribution in [0.2, 0.25) is 0 Å². The third kappa shape index (κ3) is 4.57. The van der Waals surface area contributed by atoms with Gasteiger partial charge in [0.05, 0.1) is 23.6 Å². The number of anilines is 1. The third-order valence-electron chi connectivity index (χ3n) is 6.12. The van der Waals surface area contributed by atoms with Crippen molar-refractivity contribution < 1.29 is 13.6 Å². The van der Waals surface area contributed by atoms with Crippen molar-refractivity contribution >= 4 is 22.5 Å². The normalized spacial score (nSPS) is 18.9. The van der Waals surface area contributed by atoms with Gasteiger partial charge < -0.3 is 10.6 Å². The molecule has 1 saturated heterocycles. The molecule has 0 atom stereocenters. The maximum Gasteiger partial charge on any atom is 0.249 e. The molecule has 0 spiro atoms. The van der Waals surface area contributed by atoms with E-state index in [4.69, 9.17) is 4.98 Å². The Labute approximate surface area is 184 Å². The second kappa shape index (κ2) is 8.46. The highest BCUT2D eigenvalue weighted by Gasteiger charge is 2.48. The van der Waals surface area contributed by atoms with Crippen LogP contribution in [-0.2, 0) is 11.2 Å². The number of fused-ring (bicyclic) bond motifs is 1. The first-order valence-electron chi connectivity index (χ1n) is 10.9. The molecule has 1 aliphatic carbocycles. The number of hydrogen-bond acceptors (Lipinski definition) is 7. The Morgan fingerprint density at radius 2 is 1.91 bits per heavy atom. The van der Waals surface area contributed by atoms with Crippen LogP contribution in [0.4, 0.5) is 14.6 Å². The lowest BCUT2D eigenvalue weighted by molar-refractivity contribution is -0.147. The lowest BCUT2D eigenvalue weighted by Gasteiger charge is -2.33. The summed E-state index contributed by atoms with van der Waals surface area (Å²) in [6.45, 7) is 1.97.